The van der Waals surface area contributed by atoms with Gasteiger partial charge in [-0.15, -0.1) is 0 Å². The van der Waals surface area contributed by atoms with E-state index in [-0.39, 0.29) is 47.6 Å². The van der Waals surface area contributed by atoms with Crippen LogP contribution in [0.2, 0.25) is 0 Å². The molecule has 27 heavy (non-hydrogen) atoms. The summed E-state index contributed by atoms with van der Waals surface area (Å²) in [6.45, 7) is 1.59. The molecular formula is C21H24N2O4. The minimum Gasteiger partial charge on any atom is -0.462 e. The molecular weight excluding hydrogens is 344 g/mol. The number of carbonyl (C=O) groups excluding carboxylic acids is 3. The van der Waals surface area contributed by atoms with Crippen LogP contribution in [0.5, 0.6) is 0 Å². The number of nitrogens with zero attached hydrogens (tertiary/aromatic N) is 1. The molecule has 2 saturated carbocycles. The number of benzene rings is 1. The van der Waals surface area contributed by atoms with Crippen molar-refractivity contribution < 1.29 is 19.1 Å². The number of esters is 1. The number of rotatable bonds is 3. The molecule has 5 atom stereocenters. The largest absolute Gasteiger partial charge is 0.462 e. The van der Waals surface area contributed by atoms with Gasteiger partial charge >= 0.3 is 5.97 Å². The summed E-state index contributed by atoms with van der Waals surface area (Å²) in [5, 5.41) is 2.95. The fourth-order valence-electron chi connectivity index (χ4n) is 5.60. The molecule has 0 aromatic heterocycles. The van der Waals surface area contributed by atoms with Gasteiger partial charge in [-0.2, -0.15) is 0 Å². The van der Waals surface area contributed by atoms with Crippen LogP contribution in [0.3, 0.4) is 0 Å². The van der Waals surface area contributed by atoms with E-state index in [1.54, 1.807) is 24.3 Å². The maximum atomic E-state index is 12.9. The van der Waals surface area contributed by atoms with Gasteiger partial charge in [0.2, 0.25) is 5.91 Å². The number of fused-ring (bicyclic) bond motifs is 1. The van der Waals surface area contributed by atoms with Crippen molar-refractivity contribution in [2.75, 3.05) is 18.4 Å². The van der Waals surface area contributed by atoms with Crippen LogP contribution in [0.4, 0.5) is 5.69 Å². The molecule has 0 unspecified atom stereocenters. The summed E-state index contributed by atoms with van der Waals surface area (Å²) in [6, 6.07) is 7.14. The van der Waals surface area contributed by atoms with Gasteiger partial charge in [0.15, 0.2) is 0 Å². The Morgan fingerprint density at radius 2 is 1.93 bits per heavy atom. The maximum absolute atomic E-state index is 12.9. The van der Waals surface area contributed by atoms with Crippen molar-refractivity contribution in [1.29, 1.82) is 0 Å². The lowest BCUT2D eigenvalue weighted by Crippen LogP contribution is -2.36. The molecule has 6 nitrogen and oxygen atoms in total. The lowest BCUT2D eigenvalue weighted by molar-refractivity contribution is -0.145. The number of hydrogen-bond donors (Lipinski definition) is 1. The molecule has 1 N–H and O–H groups in total. The van der Waals surface area contributed by atoms with Gasteiger partial charge in [-0.05, 0) is 56.2 Å². The number of likely N-dealkylation sites (tertiary alicyclic amines) is 1. The van der Waals surface area contributed by atoms with Crippen LogP contribution >= 0.6 is 0 Å². The zero-order valence-corrected chi connectivity index (χ0v) is 15.2. The summed E-state index contributed by atoms with van der Waals surface area (Å²) in [5.41, 5.74) is 1.22. The van der Waals surface area contributed by atoms with Gasteiger partial charge in [0.1, 0.15) is 6.10 Å². The Hall–Kier alpha value is -2.37. The highest BCUT2D eigenvalue weighted by Gasteiger charge is 2.63. The van der Waals surface area contributed by atoms with Crippen molar-refractivity contribution in [2.45, 2.75) is 38.2 Å². The summed E-state index contributed by atoms with van der Waals surface area (Å²) >= 11 is 0. The molecule has 4 fully saturated rings. The summed E-state index contributed by atoms with van der Waals surface area (Å²) in [6.07, 6.45) is 5.01. The number of ether oxygens (including phenoxy) is 1. The van der Waals surface area contributed by atoms with Gasteiger partial charge < -0.3 is 15.0 Å². The average molecular weight is 368 g/mol. The van der Waals surface area contributed by atoms with Crippen molar-refractivity contribution in [2.24, 2.45) is 23.7 Å². The third kappa shape index (κ3) is 2.73. The molecule has 2 aliphatic carbocycles. The monoisotopic (exact) mass is 368 g/mol. The van der Waals surface area contributed by atoms with E-state index in [9.17, 15) is 14.4 Å². The zero-order chi connectivity index (χ0) is 18.5. The number of nitrogens with one attached hydrogen (secondary N) is 1. The average Bonchev–Trinajstić information content (AvgIpc) is 3.31. The maximum Gasteiger partial charge on any atom is 0.310 e. The molecule has 0 spiro atoms. The highest BCUT2D eigenvalue weighted by molar-refractivity contribution is 5.99. The Morgan fingerprint density at radius 1 is 1.11 bits per heavy atom. The van der Waals surface area contributed by atoms with Crippen molar-refractivity contribution in [3.8, 4) is 0 Å². The Morgan fingerprint density at radius 3 is 2.74 bits per heavy atom. The zero-order valence-electron chi connectivity index (χ0n) is 15.2. The number of piperidine rings is 1. The Labute approximate surface area is 158 Å². The standard InChI is InChI=1S/C21H24N2O4/c24-19(17-13-10-15-16(11-13)27-21(26)18(15)17)22-14-6-4-5-12(9-14)20(25)23-7-2-1-3-8-23/h4-6,9,13,15-18H,1-3,7-8,10-11H2,(H,22,24)/t13-,15+,16-,17+,18+/m1/s1. The summed E-state index contributed by atoms with van der Waals surface area (Å²) in [7, 11) is 0. The fourth-order valence-corrected chi connectivity index (χ4v) is 5.60. The van der Waals surface area contributed by atoms with Crippen LogP contribution in [0.15, 0.2) is 24.3 Å². The van der Waals surface area contributed by atoms with E-state index >= 15 is 0 Å². The quantitative estimate of drug-likeness (QED) is 0.832. The van der Waals surface area contributed by atoms with Crippen LogP contribution < -0.4 is 5.32 Å². The number of carbonyl (C=O) groups is 3. The first-order chi connectivity index (χ1) is 13.1. The van der Waals surface area contributed by atoms with Gasteiger partial charge in [-0.25, -0.2) is 0 Å². The van der Waals surface area contributed by atoms with Crippen LogP contribution in [0.25, 0.3) is 0 Å². The van der Waals surface area contributed by atoms with Crippen LogP contribution in [-0.2, 0) is 14.3 Å². The molecule has 2 aliphatic heterocycles. The highest BCUT2D eigenvalue weighted by atomic mass is 16.6. The lowest BCUT2D eigenvalue weighted by Gasteiger charge is -2.27. The van der Waals surface area contributed by atoms with Crippen LogP contribution in [0.1, 0.15) is 42.5 Å². The molecule has 1 aromatic rings. The number of hydrogen-bond acceptors (Lipinski definition) is 4. The van der Waals surface area contributed by atoms with Gasteiger partial charge in [0.25, 0.3) is 5.91 Å². The van der Waals surface area contributed by atoms with Crippen molar-refractivity contribution in [1.82, 2.24) is 4.90 Å². The molecule has 1 aromatic carbocycles. The smallest absolute Gasteiger partial charge is 0.310 e. The summed E-state index contributed by atoms with van der Waals surface area (Å²) in [5.74, 6) is -0.450. The number of anilines is 1. The van der Waals surface area contributed by atoms with Crippen molar-refractivity contribution >= 4 is 23.5 Å². The van der Waals surface area contributed by atoms with E-state index in [2.05, 4.69) is 5.32 Å². The van der Waals surface area contributed by atoms with Gasteiger partial charge in [0, 0.05) is 30.3 Å². The molecule has 2 saturated heterocycles. The van der Waals surface area contributed by atoms with Crippen LogP contribution in [0, 0.1) is 23.7 Å². The minimum atomic E-state index is -0.303. The van der Waals surface area contributed by atoms with E-state index in [4.69, 9.17) is 4.74 Å². The van der Waals surface area contributed by atoms with Crippen LogP contribution in [-0.4, -0.2) is 41.9 Å². The first kappa shape index (κ1) is 16.8. The van der Waals surface area contributed by atoms with E-state index < -0.39 is 0 Å². The predicted octanol–water partition coefficient (Wildman–Crippen LogP) is 2.45. The Kier molecular flexibility index (Phi) is 3.95. The second-order valence-corrected chi connectivity index (χ2v) is 8.35. The fraction of sp³-hybridized carbons (Fsp3) is 0.571. The third-order valence-electron chi connectivity index (χ3n) is 6.81. The molecule has 142 valence electrons. The first-order valence-electron chi connectivity index (χ1n) is 10.0. The molecule has 2 bridgehead atoms. The van der Waals surface area contributed by atoms with Crippen molar-refractivity contribution in [3.05, 3.63) is 29.8 Å². The molecule has 4 aliphatic rings. The molecule has 0 radical (unpaired) electrons. The van der Waals surface area contributed by atoms with Gasteiger partial charge in [-0.1, -0.05) is 6.07 Å². The van der Waals surface area contributed by atoms with Crippen molar-refractivity contribution in [3.63, 3.8) is 0 Å². The molecule has 6 heteroatoms. The van der Waals surface area contributed by atoms with E-state index in [0.29, 0.717) is 11.3 Å². The Bertz CT molecular complexity index is 799. The minimum absolute atomic E-state index is 0.0212. The second kappa shape index (κ2) is 6.36. The van der Waals surface area contributed by atoms with E-state index in [1.807, 2.05) is 4.90 Å². The normalized spacial score (nSPS) is 33.9. The number of amides is 2. The first-order valence-corrected chi connectivity index (χ1v) is 10.0. The third-order valence-corrected chi connectivity index (χ3v) is 6.81. The topological polar surface area (TPSA) is 75.7 Å². The summed E-state index contributed by atoms with van der Waals surface area (Å²) < 4.78 is 5.42. The van der Waals surface area contributed by atoms with Gasteiger partial charge in [-0.3, -0.25) is 14.4 Å². The molecule has 5 rings (SSSR count). The predicted molar refractivity (Wildman–Crippen MR) is 97.9 cm³/mol. The molecule has 2 amide bonds. The van der Waals surface area contributed by atoms with E-state index in [1.165, 1.54) is 6.42 Å². The Balaban J connectivity index is 1.30. The summed E-state index contributed by atoms with van der Waals surface area (Å²) in [4.78, 5) is 39.6. The lowest BCUT2D eigenvalue weighted by atomic mass is 9.79. The highest BCUT2D eigenvalue weighted by Crippen LogP contribution is 2.57. The van der Waals surface area contributed by atoms with Gasteiger partial charge in [0.05, 0.1) is 11.8 Å². The second-order valence-electron chi connectivity index (χ2n) is 8.35. The SMILES string of the molecule is O=C(Nc1cccc(C(=O)N2CCCCC2)c1)[C@H]1[C@@H]2C[C@@H]3[C@@H]1C(=O)O[C@@H]3C2. The molecule has 2 heterocycles. The van der Waals surface area contributed by atoms with E-state index in [0.717, 1.165) is 38.8 Å².